The van der Waals surface area contributed by atoms with Crippen molar-refractivity contribution in [3.63, 3.8) is 0 Å². The molecule has 0 aliphatic carbocycles. The SMILES string of the molecule is c1cc(OCC2CO2)c(OCC2CO2)c(OCC2CO2)c1OCC1CO1. The number of epoxide rings is 4. The van der Waals surface area contributed by atoms with Gasteiger partial charge in [0.25, 0.3) is 0 Å². The van der Waals surface area contributed by atoms with Crippen LogP contribution in [0.25, 0.3) is 0 Å². The second-order valence-electron chi connectivity index (χ2n) is 6.79. The summed E-state index contributed by atoms with van der Waals surface area (Å²) in [5.41, 5.74) is 0. The molecule has 26 heavy (non-hydrogen) atoms. The summed E-state index contributed by atoms with van der Waals surface area (Å²) in [6.07, 6.45) is 0.556. The maximum absolute atomic E-state index is 5.99. The van der Waals surface area contributed by atoms with Gasteiger partial charge in [0.05, 0.1) is 26.4 Å². The van der Waals surface area contributed by atoms with Gasteiger partial charge in [-0.25, -0.2) is 0 Å². The summed E-state index contributed by atoms with van der Waals surface area (Å²) in [5.74, 6) is 2.30. The summed E-state index contributed by atoms with van der Waals surface area (Å²) in [7, 11) is 0. The molecule has 8 heteroatoms. The van der Waals surface area contributed by atoms with Crippen LogP contribution in [0.2, 0.25) is 0 Å². The van der Waals surface area contributed by atoms with E-state index in [-0.39, 0.29) is 24.4 Å². The fourth-order valence-electron chi connectivity index (χ4n) is 2.40. The Kier molecular flexibility index (Phi) is 4.49. The fourth-order valence-corrected chi connectivity index (χ4v) is 2.40. The largest absolute Gasteiger partial charge is 0.487 e. The predicted molar refractivity (Wildman–Crippen MR) is 87.4 cm³/mol. The molecule has 0 saturated carbocycles. The maximum atomic E-state index is 5.99. The van der Waals surface area contributed by atoms with Gasteiger partial charge in [0, 0.05) is 0 Å². The van der Waals surface area contributed by atoms with Crippen LogP contribution in [0.4, 0.5) is 0 Å². The highest BCUT2D eigenvalue weighted by atomic mass is 16.6. The first-order chi connectivity index (χ1) is 12.8. The molecule has 8 nitrogen and oxygen atoms in total. The van der Waals surface area contributed by atoms with Crippen LogP contribution in [0.1, 0.15) is 0 Å². The summed E-state index contributed by atoms with van der Waals surface area (Å²) in [6.45, 7) is 4.76. The lowest BCUT2D eigenvalue weighted by atomic mass is 10.2. The second-order valence-corrected chi connectivity index (χ2v) is 6.79. The Labute approximate surface area is 151 Å². The zero-order valence-electron chi connectivity index (χ0n) is 14.4. The van der Waals surface area contributed by atoms with Crippen LogP contribution in [0, 0.1) is 0 Å². The van der Waals surface area contributed by atoms with Crippen molar-refractivity contribution in [2.24, 2.45) is 0 Å². The Morgan fingerprint density at radius 2 is 0.885 bits per heavy atom. The van der Waals surface area contributed by atoms with Crippen LogP contribution in [0.5, 0.6) is 23.0 Å². The molecule has 5 rings (SSSR count). The van der Waals surface area contributed by atoms with E-state index < -0.39 is 0 Å². The number of hydrogen-bond acceptors (Lipinski definition) is 8. The van der Waals surface area contributed by atoms with Crippen LogP contribution in [0.3, 0.4) is 0 Å². The molecule has 0 amide bonds. The molecule has 1 aromatic rings. The van der Waals surface area contributed by atoms with Crippen LogP contribution in [-0.2, 0) is 18.9 Å². The molecule has 142 valence electrons. The lowest BCUT2D eigenvalue weighted by molar-refractivity contribution is 0.196. The quantitative estimate of drug-likeness (QED) is 0.502. The number of rotatable bonds is 12. The molecule has 0 bridgehead atoms. The average Bonchev–Trinajstić information content (AvgIpc) is 3.46. The van der Waals surface area contributed by atoms with Crippen molar-refractivity contribution in [3.05, 3.63) is 12.1 Å². The lowest BCUT2D eigenvalue weighted by Crippen LogP contribution is -2.13. The molecule has 4 aliphatic rings. The van der Waals surface area contributed by atoms with E-state index in [2.05, 4.69) is 0 Å². The van der Waals surface area contributed by atoms with Crippen molar-refractivity contribution < 1.29 is 37.9 Å². The van der Waals surface area contributed by atoms with Gasteiger partial charge in [-0.2, -0.15) is 0 Å². The smallest absolute Gasteiger partial charge is 0.207 e. The molecule has 0 spiro atoms. The normalized spacial score (nSPS) is 30.5. The van der Waals surface area contributed by atoms with Crippen LogP contribution in [0.15, 0.2) is 12.1 Å². The third kappa shape index (κ3) is 4.50. The van der Waals surface area contributed by atoms with E-state index in [0.717, 1.165) is 13.2 Å². The first-order valence-electron chi connectivity index (χ1n) is 9.00. The van der Waals surface area contributed by atoms with Gasteiger partial charge in [-0.1, -0.05) is 0 Å². The van der Waals surface area contributed by atoms with Crippen molar-refractivity contribution in [2.75, 3.05) is 52.9 Å². The van der Waals surface area contributed by atoms with Gasteiger partial charge >= 0.3 is 0 Å². The first-order valence-corrected chi connectivity index (χ1v) is 9.00. The van der Waals surface area contributed by atoms with Gasteiger partial charge in [0.2, 0.25) is 11.5 Å². The minimum absolute atomic E-state index is 0.124. The second kappa shape index (κ2) is 7.11. The van der Waals surface area contributed by atoms with E-state index in [0.29, 0.717) is 62.6 Å². The monoisotopic (exact) mass is 366 g/mol. The minimum atomic E-state index is 0.124. The molecular formula is C18H22O8. The standard InChI is InChI=1S/C18H22O8/c1-2-16(24-8-12-4-20-12)18(26-10-14-6-22-14)17(25-9-13-5-21-13)15(1)23-7-11-3-19-11/h1-2,11-14H,3-10H2. The molecule has 4 aliphatic heterocycles. The van der Waals surface area contributed by atoms with Crippen LogP contribution >= 0.6 is 0 Å². The van der Waals surface area contributed by atoms with E-state index in [1.165, 1.54) is 0 Å². The lowest BCUT2D eigenvalue weighted by Gasteiger charge is -2.19. The van der Waals surface area contributed by atoms with E-state index in [1.807, 2.05) is 12.1 Å². The summed E-state index contributed by atoms with van der Waals surface area (Å²) < 4.78 is 44.7. The van der Waals surface area contributed by atoms with E-state index in [4.69, 9.17) is 37.9 Å². The minimum Gasteiger partial charge on any atom is -0.487 e. The Morgan fingerprint density at radius 3 is 1.19 bits per heavy atom. The highest BCUT2D eigenvalue weighted by Crippen LogP contribution is 2.45. The Balaban J connectivity index is 1.36. The van der Waals surface area contributed by atoms with Gasteiger partial charge in [-0.15, -0.1) is 0 Å². The fraction of sp³-hybridized carbons (Fsp3) is 0.667. The first kappa shape index (κ1) is 16.4. The number of benzene rings is 1. The topological polar surface area (TPSA) is 87.0 Å². The van der Waals surface area contributed by atoms with Crippen molar-refractivity contribution in [2.45, 2.75) is 24.4 Å². The molecule has 4 heterocycles. The summed E-state index contributed by atoms with van der Waals surface area (Å²) >= 11 is 0. The summed E-state index contributed by atoms with van der Waals surface area (Å²) in [4.78, 5) is 0. The zero-order valence-corrected chi connectivity index (χ0v) is 14.4. The van der Waals surface area contributed by atoms with E-state index in [1.54, 1.807) is 0 Å². The van der Waals surface area contributed by atoms with Crippen molar-refractivity contribution in [1.82, 2.24) is 0 Å². The molecule has 0 N–H and O–H groups in total. The molecule has 4 fully saturated rings. The van der Waals surface area contributed by atoms with Gasteiger partial charge in [0.1, 0.15) is 50.8 Å². The molecule has 0 radical (unpaired) electrons. The van der Waals surface area contributed by atoms with Crippen LogP contribution in [-0.4, -0.2) is 77.3 Å². The summed E-state index contributed by atoms with van der Waals surface area (Å²) in [6, 6.07) is 3.68. The third-order valence-corrected chi connectivity index (χ3v) is 4.33. The molecule has 4 unspecified atom stereocenters. The van der Waals surface area contributed by atoms with Gasteiger partial charge in [-0.3, -0.25) is 0 Å². The van der Waals surface area contributed by atoms with Crippen molar-refractivity contribution in [1.29, 1.82) is 0 Å². The van der Waals surface area contributed by atoms with Crippen molar-refractivity contribution >= 4 is 0 Å². The Morgan fingerprint density at radius 1 is 0.577 bits per heavy atom. The highest BCUT2D eigenvalue weighted by molar-refractivity contribution is 5.59. The average molecular weight is 366 g/mol. The highest BCUT2D eigenvalue weighted by Gasteiger charge is 2.31. The Bertz CT molecular complexity index is 579. The predicted octanol–water partition coefficient (Wildman–Crippen LogP) is 0.797. The van der Waals surface area contributed by atoms with E-state index in [9.17, 15) is 0 Å². The van der Waals surface area contributed by atoms with Crippen LogP contribution < -0.4 is 18.9 Å². The Hall–Kier alpha value is -1.74. The third-order valence-electron chi connectivity index (χ3n) is 4.33. The molecule has 1 aromatic carbocycles. The molecular weight excluding hydrogens is 344 g/mol. The maximum Gasteiger partial charge on any atom is 0.207 e. The molecule has 4 saturated heterocycles. The zero-order chi connectivity index (χ0) is 17.3. The van der Waals surface area contributed by atoms with E-state index >= 15 is 0 Å². The number of ether oxygens (including phenoxy) is 8. The number of hydrogen-bond donors (Lipinski definition) is 0. The van der Waals surface area contributed by atoms with Gasteiger partial charge in [0.15, 0.2) is 11.5 Å². The van der Waals surface area contributed by atoms with Gasteiger partial charge < -0.3 is 37.9 Å². The molecule has 0 aromatic heterocycles. The molecule has 4 atom stereocenters. The summed E-state index contributed by atoms with van der Waals surface area (Å²) in [5, 5.41) is 0. The van der Waals surface area contributed by atoms with Gasteiger partial charge in [-0.05, 0) is 12.1 Å². The van der Waals surface area contributed by atoms with Crippen molar-refractivity contribution in [3.8, 4) is 23.0 Å².